The smallest absolute Gasteiger partial charge is 0.221 e. The summed E-state index contributed by atoms with van der Waals surface area (Å²) in [6.07, 6.45) is 1.12. The fourth-order valence-electron chi connectivity index (χ4n) is 3.43. The number of benzene rings is 3. The molecule has 0 saturated heterocycles. The predicted octanol–water partition coefficient (Wildman–Crippen LogP) is 5.06. The molecule has 1 atom stereocenters. The second-order valence-electron chi connectivity index (χ2n) is 7.50. The van der Waals surface area contributed by atoms with Gasteiger partial charge in [-0.2, -0.15) is 0 Å². The molecule has 0 aliphatic heterocycles. The van der Waals surface area contributed by atoms with E-state index in [0.29, 0.717) is 23.9 Å². The molecule has 0 aliphatic carbocycles. The third-order valence-electron chi connectivity index (χ3n) is 5.20. The number of aromatic amines is 1. The standard InChI is InChI=1S/C26H26N4O2S/c1-32-22-14-12-20(13-15-22)23(18-24(31)27-17-16-19-8-4-2-5-9-19)33-26-28-25(29-30-26)21-10-6-3-7-11-21/h2-15,23H,16-18H2,1H3,(H,27,31)(H,28,29,30)/t23-/m1/s1. The zero-order valence-electron chi connectivity index (χ0n) is 18.4. The number of methoxy groups -OCH3 is 1. The normalized spacial score (nSPS) is 11.7. The van der Waals surface area contributed by atoms with Crippen molar-refractivity contribution in [3.8, 4) is 17.1 Å². The molecule has 4 rings (SSSR count). The van der Waals surface area contributed by atoms with E-state index in [9.17, 15) is 4.79 Å². The van der Waals surface area contributed by atoms with Gasteiger partial charge in [-0.1, -0.05) is 84.6 Å². The van der Waals surface area contributed by atoms with E-state index in [0.717, 1.165) is 23.3 Å². The molecule has 0 radical (unpaired) electrons. The number of ether oxygens (including phenoxy) is 1. The molecule has 2 N–H and O–H groups in total. The van der Waals surface area contributed by atoms with Gasteiger partial charge in [0.15, 0.2) is 5.82 Å². The number of H-pyrrole nitrogens is 1. The van der Waals surface area contributed by atoms with Gasteiger partial charge >= 0.3 is 0 Å². The molecule has 33 heavy (non-hydrogen) atoms. The van der Waals surface area contributed by atoms with Crippen molar-refractivity contribution in [1.29, 1.82) is 0 Å². The maximum Gasteiger partial charge on any atom is 0.221 e. The van der Waals surface area contributed by atoms with Crippen LogP contribution in [0.15, 0.2) is 90.1 Å². The summed E-state index contributed by atoms with van der Waals surface area (Å²) >= 11 is 1.47. The first kappa shape index (κ1) is 22.6. The summed E-state index contributed by atoms with van der Waals surface area (Å²) < 4.78 is 5.28. The fraction of sp³-hybridized carbons (Fsp3) is 0.192. The van der Waals surface area contributed by atoms with Gasteiger partial charge in [-0.25, -0.2) is 4.98 Å². The Kier molecular flexibility index (Phi) is 7.76. The lowest BCUT2D eigenvalue weighted by Crippen LogP contribution is -2.26. The highest BCUT2D eigenvalue weighted by atomic mass is 32.2. The van der Waals surface area contributed by atoms with Crippen LogP contribution in [0.2, 0.25) is 0 Å². The minimum absolute atomic E-state index is 0.00179. The van der Waals surface area contributed by atoms with E-state index >= 15 is 0 Å². The highest BCUT2D eigenvalue weighted by Gasteiger charge is 2.20. The van der Waals surface area contributed by atoms with Crippen LogP contribution in [0, 0.1) is 0 Å². The van der Waals surface area contributed by atoms with Gasteiger partial charge in [0.05, 0.1) is 7.11 Å². The number of amides is 1. The summed E-state index contributed by atoms with van der Waals surface area (Å²) in [7, 11) is 1.64. The highest BCUT2D eigenvalue weighted by molar-refractivity contribution is 7.99. The topological polar surface area (TPSA) is 79.9 Å². The van der Waals surface area contributed by atoms with Gasteiger partial charge in [-0.3, -0.25) is 9.89 Å². The van der Waals surface area contributed by atoms with Gasteiger partial charge < -0.3 is 10.1 Å². The van der Waals surface area contributed by atoms with Gasteiger partial charge in [-0.15, -0.1) is 5.10 Å². The van der Waals surface area contributed by atoms with E-state index in [2.05, 4.69) is 32.6 Å². The summed E-state index contributed by atoms with van der Waals surface area (Å²) in [6, 6.07) is 27.8. The zero-order chi connectivity index (χ0) is 22.9. The number of hydrogen-bond acceptors (Lipinski definition) is 5. The summed E-state index contributed by atoms with van der Waals surface area (Å²) in [6.45, 7) is 0.599. The largest absolute Gasteiger partial charge is 0.497 e. The molecule has 7 heteroatoms. The minimum atomic E-state index is -0.132. The monoisotopic (exact) mass is 458 g/mol. The van der Waals surface area contributed by atoms with Crippen molar-refractivity contribution < 1.29 is 9.53 Å². The molecule has 1 heterocycles. The molecular formula is C26H26N4O2S. The van der Waals surface area contributed by atoms with E-state index in [-0.39, 0.29) is 11.2 Å². The lowest BCUT2D eigenvalue weighted by atomic mass is 10.1. The third-order valence-corrected chi connectivity index (χ3v) is 6.31. The average Bonchev–Trinajstić information content (AvgIpc) is 3.33. The van der Waals surface area contributed by atoms with E-state index in [1.165, 1.54) is 17.3 Å². The molecule has 1 amide bonds. The molecule has 1 aromatic heterocycles. The van der Waals surface area contributed by atoms with Crippen LogP contribution < -0.4 is 10.1 Å². The highest BCUT2D eigenvalue weighted by Crippen LogP contribution is 2.37. The number of aromatic nitrogens is 3. The van der Waals surface area contributed by atoms with Crippen molar-refractivity contribution in [3.63, 3.8) is 0 Å². The van der Waals surface area contributed by atoms with Crippen LogP contribution in [0.5, 0.6) is 5.75 Å². The maximum absolute atomic E-state index is 12.8. The lowest BCUT2D eigenvalue weighted by Gasteiger charge is -2.16. The number of nitrogens with zero attached hydrogens (tertiary/aromatic N) is 2. The number of hydrogen-bond donors (Lipinski definition) is 2. The lowest BCUT2D eigenvalue weighted by molar-refractivity contribution is -0.121. The Morgan fingerprint density at radius 2 is 1.70 bits per heavy atom. The molecule has 0 saturated carbocycles. The minimum Gasteiger partial charge on any atom is -0.497 e. The molecule has 3 aromatic carbocycles. The van der Waals surface area contributed by atoms with Crippen molar-refractivity contribution in [2.24, 2.45) is 0 Å². The Bertz CT molecular complexity index is 1150. The maximum atomic E-state index is 12.8. The van der Waals surface area contributed by atoms with Crippen LogP contribution >= 0.6 is 11.8 Å². The van der Waals surface area contributed by atoms with Crippen LogP contribution in [0.4, 0.5) is 0 Å². The van der Waals surface area contributed by atoms with Gasteiger partial charge in [-0.05, 0) is 29.7 Å². The van der Waals surface area contributed by atoms with E-state index in [1.54, 1.807) is 7.11 Å². The Morgan fingerprint density at radius 1 is 1.00 bits per heavy atom. The summed E-state index contributed by atoms with van der Waals surface area (Å²) in [5, 5.41) is 10.9. The van der Waals surface area contributed by atoms with Gasteiger partial charge in [0.25, 0.3) is 0 Å². The average molecular weight is 459 g/mol. The fourth-order valence-corrected chi connectivity index (χ4v) is 4.45. The van der Waals surface area contributed by atoms with Gasteiger partial charge in [0.2, 0.25) is 11.1 Å². The number of rotatable bonds is 10. The van der Waals surface area contributed by atoms with E-state index in [1.807, 2.05) is 72.8 Å². The van der Waals surface area contributed by atoms with Gasteiger partial charge in [0.1, 0.15) is 5.75 Å². The van der Waals surface area contributed by atoms with Crippen LogP contribution in [-0.2, 0) is 11.2 Å². The van der Waals surface area contributed by atoms with E-state index in [4.69, 9.17) is 4.74 Å². The molecule has 6 nitrogen and oxygen atoms in total. The first-order valence-corrected chi connectivity index (χ1v) is 11.7. The first-order chi connectivity index (χ1) is 16.2. The van der Waals surface area contributed by atoms with Crippen LogP contribution in [0.1, 0.15) is 22.8 Å². The van der Waals surface area contributed by atoms with Gasteiger partial charge in [0, 0.05) is 23.8 Å². The van der Waals surface area contributed by atoms with Crippen LogP contribution in [0.3, 0.4) is 0 Å². The van der Waals surface area contributed by atoms with Crippen LogP contribution in [0.25, 0.3) is 11.4 Å². The van der Waals surface area contributed by atoms with Crippen LogP contribution in [-0.4, -0.2) is 34.7 Å². The number of carbonyl (C=O) groups is 1. The summed E-state index contributed by atoms with van der Waals surface area (Å²) in [5.74, 6) is 1.48. The van der Waals surface area contributed by atoms with Crippen molar-refractivity contribution >= 4 is 17.7 Å². The molecule has 168 valence electrons. The predicted molar refractivity (Wildman–Crippen MR) is 131 cm³/mol. The van der Waals surface area contributed by atoms with Crippen molar-refractivity contribution in [3.05, 3.63) is 96.1 Å². The zero-order valence-corrected chi connectivity index (χ0v) is 19.2. The number of nitrogens with one attached hydrogen (secondary N) is 2. The summed E-state index contributed by atoms with van der Waals surface area (Å²) in [4.78, 5) is 17.4. The Labute approximate surface area is 197 Å². The Morgan fingerprint density at radius 3 is 2.39 bits per heavy atom. The summed E-state index contributed by atoms with van der Waals surface area (Å²) in [5.41, 5.74) is 3.19. The molecule has 0 bridgehead atoms. The van der Waals surface area contributed by atoms with Crippen molar-refractivity contribution in [2.45, 2.75) is 23.2 Å². The Hall–Kier alpha value is -3.58. The SMILES string of the molecule is COc1ccc([C@@H](CC(=O)NCCc2ccccc2)Sc2n[nH]c(-c3ccccc3)n2)cc1. The van der Waals surface area contributed by atoms with Crippen molar-refractivity contribution in [2.75, 3.05) is 13.7 Å². The molecule has 0 spiro atoms. The Balaban J connectivity index is 1.44. The first-order valence-electron chi connectivity index (χ1n) is 10.8. The molecule has 0 fully saturated rings. The van der Waals surface area contributed by atoms with Crippen molar-refractivity contribution in [1.82, 2.24) is 20.5 Å². The number of thioether (sulfide) groups is 1. The molecule has 0 unspecified atom stereocenters. The molecule has 0 aliphatic rings. The quantitative estimate of drug-likeness (QED) is 0.325. The third kappa shape index (κ3) is 6.46. The second kappa shape index (κ2) is 11.3. The van der Waals surface area contributed by atoms with E-state index < -0.39 is 0 Å². The molecular weight excluding hydrogens is 432 g/mol. The number of carbonyl (C=O) groups excluding carboxylic acids is 1. The second-order valence-corrected chi connectivity index (χ2v) is 8.67. The molecule has 4 aromatic rings.